The molecule has 0 aliphatic carbocycles. The van der Waals surface area contributed by atoms with E-state index in [4.69, 9.17) is 4.74 Å². The third-order valence-electron chi connectivity index (χ3n) is 3.91. The lowest BCUT2D eigenvalue weighted by Crippen LogP contribution is -2.22. The first-order valence-corrected chi connectivity index (χ1v) is 7.35. The summed E-state index contributed by atoms with van der Waals surface area (Å²) in [6, 6.07) is 11.3. The number of rotatable bonds is 4. The SMILES string of the molecule is COC1CCN(c2ccc(NC(=O)c3ccncc3)cc2)C1. The summed E-state index contributed by atoms with van der Waals surface area (Å²) in [5.41, 5.74) is 2.54. The molecule has 5 heteroatoms. The fourth-order valence-corrected chi connectivity index (χ4v) is 2.62. The summed E-state index contributed by atoms with van der Waals surface area (Å²) in [5.74, 6) is -0.129. The second kappa shape index (κ2) is 6.58. The molecule has 1 saturated heterocycles. The highest BCUT2D eigenvalue weighted by atomic mass is 16.5. The molecule has 0 bridgehead atoms. The number of carbonyl (C=O) groups is 1. The minimum absolute atomic E-state index is 0.129. The molecule has 1 aliphatic rings. The summed E-state index contributed by atoms with van der Waals surface area (Å²) >= 11 is 0. The minimum atomic E-state index is -0.129. The van der Waals surface area contributed by atoms with Crippen molar-refractivity contribution < 1.29 is 9.53 Å². The van der Waals surface area contributed by atoms with Crippen LogP contribution < -0.4 is 10.2 Å². The van der Waals surface area contributed by atoms with Crippen molar-refractivity contribution in [1.29, 1.82) is 0 Å². The molecule has 1 amide bonds. The number of amides is 1. The summed E-state index contributed by atoms with van der Waals surface area (Å²) in [5, 5.41) is 2.89. The number of hydrogen-bond donors (Lipinski definition) is 1. The first-order valence-electron chi connectivity index (χ1n) is 7.35. The maximum atomic E-state index is 12.1. The largest absolute Gasteiger partial charge is 0.380 e. The Morgan fingerprint density at radius 1 is 1.23 bits per heavy atom. The Bertz CT molecular complexity index is 628. The van der Waals surface area contributed by atoms with E-state index in [-0.39, 0.29) is 5.91 Å². The summed E-state index contributed by atoms with van der Waals surface area (Å²) in [6.07, 6.45) is 4.58. The fourth-order valence-electron chi connectivity index (χ4n) is 2.62. The summed E-state index contributed by atoms with van der Waals surface area (Å²) in [6.45, 7) is 1.92. The van der Waals surface area contributed by atoms with Crippen LogP contribution in [0, 0.1) is 0 Å². The van der Waals surface area contributed by atoms with E-state index >= 15 is 0 Å². The van der Waals surface area contributed by atoms with Gasteiger partial charge < -0.3 is 15.0 Å². The molecule has 1 N–H and O–H groups in total. The van der Waals surface area contributed by atoms with Crippen molar-refractivity contribution >= 4 is 17.3 Å². The zero-order valence-electron chi connectivity index (χ0n) is 12.5. The Labute approximate surface area is 129 Å². The van der Waals surface area contributed by atoms with Gasteiger partial charge in [0.15, 0.2) is 0 Å². The van der Waals surface area contributed by atoms with Crippen LogP contribution in [-0.2, 0) is 4.74 Å². The number of benzene rings is 1. The van der Waals surface area contributed by atoms with Crippen LogP contribution in [0.4, 0.5) is 11.4 Å². The lowest BCUT2D eigenvalue weighted by Gasteiger charge is -2.18. The van der Waals surface area contributed by atoms with E-state index in [1.54, 1.807) is 31.6 Å². The Kier molecular flexibility index (Phi) is 4.34. The lowest BCUT2D eigenvalue weighted by molar-refractivity contribution is 0.102. The molecule has 2 aromatic rings. The van der Waals surface area contributed by atoms with Gasteiger partial charge >= 0.3 is 0 Å². The molecule has 3 rings (SSSR count). The Balaban J connectivity index is 1.64. The first kappa shape index (κ1) is 14.5. The molecule has 1 fully saturated rings. The highest BCUT2D eigenvalue weighted by Crippen LogP contribution is 2.23. The van der Waals surface area contributed by atoms with Crippen LogP contribution in [0.25, 0.3) is 0 Å². The maximum absolute atomic E-state index is 12.1. The molecule has 22 heavy (non-hydrogen) atoms. The van der Waals surface area contributed by atoms with Crippen LogP contribution in [0.1, 0.15) is 16.8 Å². The smallest absolute Gasteiger partial charge is 0.255 e. The van der Waals surface area contributed by atoms with Crippen molar-refractivity contribution in [2.45, 2.75) is 12.5 Å². The zero-order chi connectivity index (χ0) is 15.4. The van der Waals surface area contributed by atoms with Gasteiger partial charge in [0, 0.05) is 49.5 Å². The van der Waals surface area contributed by atoms with Gasteiger partial charge in [0.1, 0.15) is 0 Å². The van der Waals surface area contributed by atoms with Crippen molar-refractivity contribution in [3.8, 4) is 0 Å². The average molecular weight is 297 g/mol. The predicted octanol–water partition coefficient (Wildman–Crippen LogP) is 2.56. The number of methoxy groups -OCH3 is 1. The number of aromatic nitrogens is 1. The standard InChI is InChI=1S/C17H19N3O2/c1-22-16-8-11-20(12-16)15-4-2-14(3-5-15)19-17(21)13-6-9-18-10-7-13/h2-7,9-10,16H,8,11-12H2,1H3,(H,19,21). The molecular weight excluding hydrogens is 278 g/mol. The molecule has 114 valence electrons. The topological polar surface area (TPSA) is 54.5 Å². The molecule has 5 nitrogen and oxygen atoms in total. The van der Waals surface area contributed by atoms with Crippen molar-refractivity contribution in [2.75, 3.05) is 30.4 Å². The van der Waals surface area contributed by atoms with Crippen LogP contribution in [0.5, 0.6) is 0 Å². The first-order chi connectivity index (χ1) is 10.8. The van der Waals surface area contributed by atoms with E-state index in [0.717, 1.165) is 30.9 Å². The van der Waals surface area contributed by atoms with Gasteiger partial charge in [0.2, 0.25) is 0 Å². The van der Waals surface area contributed by atoms with Crippen LogP contribution in [0.2, 0.25) is 0 Å². The number of nitrogens with one attached hydrogen (secondary N) is 1. The van der Waals surface area contributed by atoms with E-state index in [1.807, 2.05) is 24.3 Å². The van der Waals surface area contributed by atoms with E-state index in [0.29, 0.717) is 11.7 Å². The van der Waals surface area contributed by atoms with Crippen LogP contribution in [-0.4, -0.2) is 37.2 Å². The van der Waals surface area contributed by atoms with Crippen molar-refractivity contribution in [3.05, 3.63) is 54.4 Å². The van der Waals surface area contributed by atoms with E-state index < -0.39 is 0 Å². The minimum Gasteiger partial charge on any atom is -0.380 e. The predicted molar refractivity (Wildman–Crippen MR) is 86.3 cm³/mol. The van der Waals surface area contributed by atoms with E-state index in [2.05, 4.69) is 15.2 Å². The molecule has 1 atom stereocenters. The Morgan fingerprint density at radius 3 is 2.59 bits per heavy atom. The van der Waals surface area contributed by atoms with Crippen LogP contribution in [0.3, 0.4) is 0 Å². The summed E-state index contributed by atoms with van der Waals surface area (Å²) < 4.78 is 5.38. The number of ether oxygens (including phenoxy) is 1. The lowest BCUT2D eigenvalue weighted by atomic mass is 10.2. The van der Waals surface area contributed by atoms with E-state index in [9.17, 15) is 4.79 Å². The normalized spacial score (nSPS) is 17.5. The summed E-state index contributed by atoms with van der Waals surface area (Å²) in [7, 11) is 1.76. The second-order valence-electron chi connectivity index (χ2n) is 5.33. The highest BCUT2D eigenvalue weighted by molar-refractivity contribution is 6.04. The van der Waals surface area contributed by atoms with Gasteiger partial charge in [-0.15, -0.1) is 0 Å². The van der Waals surface area contributed by atoms with Gasteiger partial charge in [0.05, 0.1) is 6.10 Å². The second-order valence-corrected chi connectivity index (χ2v) is 5.33. The van der Waals surface area contributed by atoms with Crippen molar-refractivity contribution in [1.82, 2.24) is 4.98 Å². The van der Waals surface area contributed by atoms with Gasteiger partial charge in [-0.05, 0) is 42.8 Å². The van der Waals surface area contributed by atoms with Crippen molar-refractivity contribution in [2.24, 2.45) is 0 Å². The molecule has 1 aromatic carbocycles. The molecule has 1 aromatic heterocycles. The Morgan fingerprint density at radius 2 is 1.95 bits per heavy atom. The number of carbonyl (C=O) groups excluding carboxylic acids is 1. The molecule has 1 unspecified atom stereocenters. The zero-order valence-corrected chi connectivity index (χ0v) is 12.5. The van der Waals surface area contributed by atoms with Crippen LogP contribution >= 0.6 is 0 Å². The highest BCUT2D eigenvalue weighted by Gasteiger charge is 2.22. The molecule has 1 aliphatic heterocycles. The number of pyridine rings is 1. The van der Waals surface area contributed by atoms with E-state index in [1.165, 1.54) is 0 Å². The molecule has 0 saturated carbocycles. The quantitative estimate of drug-likeness (QED) is 0.942. The van der Waals surface area contributed by atoms with Gasteiger partial charge in [0.25, 0.3) is 5.91 Å². The molecule has 0 spiro atoms. The average Bonchev–Trinajstić information content (AvgIpc) is 3.05. The van der Waals surface area contributed by atoms with Gasteiger partial charge in [-0.2, -0.15) is 0 Å². The van der Waals surface area contributed by atoms with Crippen LogP contribution in [0.15, 0.2) is 48.8 Å². The van der Waals surface area contributed by atoms with Gasteiger partial charge in [-0.1, -0.05) is 0 Å². The monoisotopic (exact) mass is 297 g/mol. The van der Waals surface area contributed by atoms with Gasteiger partial charge in [-0.25, -0.2) is 0 Å². The number of hydrogen-bond acceptors (Lipinski definition) is 4. The van der Waals surface area contributed by atoms with Gasteiger partial charge in [-0.3, -0.25) is 9.78 Å². The molecular formula is C17H19N3O2. The fraction of sp³-hybridized carbons (Fsp3) is 0.294. The van der Waals surface area contributed by atoms with Crippen molar-refractivity contribution in [3.63, 3.8) is 0 Å². The maximum Gasteiger partial charge on any atom is 0.255 e. The third-order valence-corrected chi connectivity index (χ3v) is 3.91. The Hall–Kier alpha value is -2.40. The third kappa shape index (κ3) is 3.26. The summed E-state index contributed by atoms with van der Waals surface area (Å²) in [4.78, 5) is 18.3. The number of nitrogens with zero attached hydrogens (tertiary/aromatic N) is 2. The number of anilines is 2. The molecule has 2 heterocycles. The molecule has 0 radical (unpaired) electrons.